The van der Waals surface area contributed by atoms with Gasteiger partial charge in [-0.2, -0.15) is 0 Å². The van der Waals surface area contributed by atoms with Crippen molar-refractivity contribution in [3.63, 3.8) is 0 Å². The van der Waals surface area contributed by atoms with Gasteiger partial charge in [0.2, 0.25) is 0 Å². The van der Waals surface area contributed by atoms with E-state index in [1.807, 2.05) is 24.3 Å². The van der Waals surface area contributed by atoms with Gasteiger partial charge >= 0.3 is 0 Å². The van der Waals surface area contributed by atoms with Crippen LogP contribution in [0.1, 0.15) is 20.8 Å². The molecule has 1 aromatic carbocycles. The van der Waals surface area contributed by atoms with Gasteiger partial charge in [0.15, 0.2) is 0 Å². The molecule has 0 saturated carbocycles. The first-order valence-electron chi connectivity index (χ1n) is 7.61. The van der Waals surface area contributed by atoms with Gasteiger partial charge in [-0.05, 0) is 45.0 Å². The fraction of sp³-hybridized carbons (Fsp3) is 0.562. The van der Waals surface area contributed by atoms with Crippen LogP contribution in [0.15, 0.2) is 24.3 Å². The zero-order valence-electron chi connectivity index (χ0n) is 13.1. The largest absolute Gasteiger partial charge is 0.369 e. The highest BCUT2D eigenvalue weighted by Gasteiger charge is 2.21. The first-order valence-corrected chi connectivity index (χ1v) is 7.61. The van der Waals surface area contributed by atoms with E-state index in [1.165, 1.54) is 5.69 Å². The molecule has 1 fully saturated rings. The molecular weight excluding hydrogens is 266 g/mol. The number of nitrogens with zero attached hydrogens (tertiary/aromatic N) is 1. The molecule has 116 valence electrons. The van der Waals surface area contributed by atoms with Crippen LogP contribution in [0.3, 0.4) is 0 Å². The average Bonchev–Trinajstić information content (AvgIpc) is 2.50. The summed E-state index contributed by atoms with van der Waals surface area (Å²) in [4.78, 5) is 14.4. The highest BCUT2D eigenvalue weighted by Crippen LogP contribution is 2.20. The van der Waals surface area contributed by atoms with E-state index >= 15 is 0 Å². The molecule has 1 amide bonds. The number of nitrogens with one attached hydrogen (secondary N) is 2. The van der Waals surface area contributed by atoms with Crippen LogP contribution in [-0.2, 0) is 9.53 Å². The van der Waals surface area contributed by atoms with Crippen molar-refractivity contribution in [2.24, 2.45) is 0 Å². The highest BCUT2D eigenvalue weighted by molar-refractivity contribution is 5.94. The number of carbonyl (C=O) groups excluding carboxylic acids is 1. The van der Waals surface area contributed by atoms with Crippen molar-refractivity contribution in [1.29, 1.82) is 0 Å². The van der Waals surface area contributed by atoms with E-state index in [-0.39, 0.29) is 5.91 Å². The normalized spacial score (nSPS) is 18.6. The summed E-state index contributed by atoms with van der Waals surface area (Å²) in [5, 5.41) is 6.06. The SMILES string of the molecule is CCN(c1ccc(NC(=O)C2CNCCO2)cc1)C(C)C. The third-order valence-electron chi connectivity index (χ3n) is 3.65. The molecule has 5 nitrogen and oxygen atoms in total. The molecule has 1 aliphatic rings. The topological polar surface area (TPSA) is 53.6 Å². The second-order valence-electron chi connectivity index (χ2n) is 5.48. The molecule has 0 radical (unpaired) electrons. The third kappa shape index (κ3) is 4.19. The van der Waals surface area contributed by atoms with Crippen molar-refractivity contribution in [2.45, 2.75) is 32.9 Å². The van der Waals surface area contributed by atoms with Gasteiger partial charge in [-0.25, -0.2) is 0 Å². The predicted octanol–water partition coefficient (Wildman–Crippen LogP) is 1.85. The van der Waals surface area contributed by atoms with E-state index < -0.39 is 6.10 Å². The lowest BCUT2D eigenvalue weighted by molar-refractivity contribution is -0.128. The van der Waals surface area contributed by atoms with Crippen LogP contribution in [0.4, 0.5) is 11.4 Å². The molecule has 0 spiro atoms. The maximum atomic E-state index is 12.1. The molecule has 0 aromatic heterocycles. The lowest BCUT2D eigenvalue weighted by Crippen LogP contribution is -2.45. The first-order chi connectivity index (χ1) is 10.1. The summed E-state index contributed by atoms with van der Waals surface area (Å²) < 4.78 is 5.44. The number of anilines is 2. The second kappa shape index (κ2) is 7.43. The number of amides is 1. The van der Waals surface area contributed by atoms with E-state index in [0.29, 0.717) is 19.2 Å². The Morgan fingerprint density at radius 1 is 1.43 bits per heavy atom. The number of hydrogen-bond acceptors (Lipinski definition) is 4. The van der Waals surface area contributed by atoms with Crippen molar-refractivity contribution >= 4 is 17.3 Å². The van der Waals surface area contributed by atoms with Gasteiger partial charge in [0.05, 0.1) is 6.61 Å². The molecule has 1 aliphatic heterocycles. The zero-order valence-corrected chi connectivity index (χ0v) is 13.1. The third-order valence-corrected chi connectivity index (χ3v) is 3.65. The highest BCUT2D eigenvalue weighted by atomic mass is 16.5. The molecule has 5 heteroatoms. The Hall–Kier alpha value is -1.59. The summed E-state index contributed by atoms with van der Waals surface area (Å²) in [5.74, 6) is -0.0915. The summed E-state index contributed by atoms with van der Waals surface area (Å²) in [6, 6.07) is 8.42. The Balaban J connectivity index is 1.97. The minimum atomic E-state index is -0.402. The van der Waals surface area contributed by atoms with Crippen molar-refractivity contribution in [1.82, 2.24) is 5.32 Å². The summed E-state index contributed by atoms with van der Waals surface area (Å²) in [7, 11) is 0. The summed E-state index contributed by atoms with van der Waals surface area (Å²) in [6.45, 7) is 9.41. The van der Waals surface area contributed by atoms with Gasteiger partial charge in [0, 0.05) is 37.1 Å². The number of rotatable bonds is 5. The van der Waals surface area contributed by atoms with Gasteiger partial charge in [0.1, 0.15) is 6.10 Å². The van der Waals surface area contributed by atoms with Gasteiger partial charge in [-0.3, -0.25) is 4.79 Å². The van der Waals surface area contributed by atoms with Crippen LogP contribution in [0.5, 0.6) is 0 Å². The number of benzene rings is 1. The van der Waals surface area contributed by atoms with Gasteiger partial charge in [-0.1, -0.05) is 0 Å². The van der Waals surface area contributed by atoms with Crippen molar-refractivity contribution in [3.8, 4) is 0 Å². The molecule has 1 atom stereocenters. The van der Waals surface area contributed by atoms with Crippen molar-refractivity contribution in [3.05, 3.63) is 24.3 Å². The zero-order chi connectivity index (χ0) is 15.2. The monoisotopic (exact) mass is 291 g/mol. The quantitative estimate of drug-likeness (QED) is 0.869. The van der Waals surface area contributed by atoms with Crippen LogP contribution in [0, 0.1) is 0 Å². The van der Waals surface area contributed by atoms with Crippen molar-refractivity contribution < 1.29 is 9.53 Å². The maximum Gasteiger partial charge on any atom is 0.254 e. The molecular formula is C16H25N3O2. The molecule has 1 saturated heterocycles. The molecule has 2 N–H and O–H groups in total. The minimum absolute atomic E-state index is 0.0915. The lowest BCUT2D eigenvalue weighted by atomic mass is 10.2. The smallest absolute Gasteiger partial charge is 0.254 e. The van der Waals surface area contributed by atoms with Crippen LogP contribution >= 0.6 is 0 Å². The van der Waals surface area contributed by atoms with E-state index in [4.69, 9.17) is 4.74 Å². The van der Waals surface area contributed by atoms with Gasteiger partial charge in [0.25, 0.3) is 5.91 Å². The lowest BCUT2D eigenvalue weighted by Gasteiger charge is -2.27. The Kier molecular flexibility index (Phi) is 5.59. The molecule has 21 heavy (non-hydrogen) atoms. The number of morpholine rings is 1. The number of ether oxygens (including phenoxy) is 1. The van der Waals surface area contributed by atoms with Crippen molar-refractivity contribution in [2.75, 3.05) is 36.5 Å². The van der Waals surface area contributed by atoms with Crippen LogP contribution in [0.2, 0.25) is 0 Å². The summed E-state index contributed by atoms with van der Waals surface area (Å²) in [5.41, 5.74) is 1.97. The Morgan fingerprint density at radius 3 is 2.67 bits per heavy atom. The van der Waals surface area contributed by atoms with Crippen LogP contribution < -0.4 is 15.5 Å². The minimum Gasteiger partial charge on any atom is -0.369 e. The molecule has 2 rings (SSSR count). The Labute approximate surface area is 126 Å². The van der Waals surface area contributed by atoms with Gasteiger partial charge in [-0.15, -0.1) is 0 Å². The van der Waals surface area contributed by atoms with E-state index in [2.05, 4.69) is 36.3 Å². The predicted molar refractivity (Wildman–Crippen MR) is 85.8 cm³/mol. The van der Waals surface area contributed by atoms with Crippen LogP contribution in [-0.4, -0.2) is 44.3 Å². The standard InChI is InChI=1S/C16H25N3O2/c1-4-19(12(2)3)14-7-5-13(6-8-14)18-16(20)15-11-17-9-10-21-15/h5-8,12,15,17H,4,9-11H2,1-3H3,(H,18,20). The average molecular weight is 291 g/mol. The molecule has 1 unspecified atom stereocenters. The Bertz CT molecular complexity index is 453. The maximum absolute atomic E-state index is 12.1. The van der Waals surface area contributed by atoms with Crippen LogP contribution in [0.25, 0.3) is 0 Å². The van der Waals surface area contributed by atoms with E-state index in [9.17, 15) is 4.79 Å². The second-order valence-corrected chi connectivity index (χ2v) is 5.48. The fourth-order valence-corrected chi connectivity index (χ4v) is 2.54. The molecule has 1 heterocycles. The Morgan fingerprint density at radius 2 is 2.14 bits per heavy atom. The first kappa shape index (κ1) is 15.8. The summed E-state index contributed by atoms with van der Waals surface area (Å²) >= 11 is 0. The summed E-state index contributed by atoms with van der Waals surface area (Å²) in [6.07, 6.45) is -0.402. The number of carbonyl (C=O) groups is 1. The number of hydrogen-bond donors (Lipinski definition) is 2. The fourth-order valence-electron chi connectivity index (χ4n) is 2.54. The molecule has 0 aliphatic carbocycles. The molecule has 1 aromatic rings. The van der Waals surface area contributed by atoms with E-state index in [1.54, 1.807) is 0 Å². The molecule has 0 bridgehead atoms. The van der Waals surface area contributed by atoms with Gasteiger partial charge < -0.3 is 20.3 Å². The van der Waals surface area contributed by atoms with E-state index in [0.717, 1.165) is 18.8 Å².